The normalized spacial score (nSPS) is 10.5. The third-order valence-electron chi connectivity index (χ3n) is 2.72. The van der Waals surface area contributed by atoms with Crippen LogP contribution >= 0.6 is 35.0 Å². The molecule has 0 atom stereocenters. The van der Waals surface area contributed by atoms with Gasteiger partial charge in [0.1, 0.15) is 0 Å². The molecular formula is C15H15Cl2NS. The van der Waals surface area contributed by atoms with Crippen molar-refractivity contribution in [1.82, 2.24) is 0 Å². The fraction of sp³-hybridized carbons (Fsp3) is 0.200. The minimum absolute atomic E-state index is 0.601. The Morgan fingerprint density at radius 3 is 2.58 bits per heavy atom. The average Bonchev–Trinajstić information content (AvgIpc) is 2.40. The van der Waals surface area contributed by atoms with E-state index < -0.39 is 0 Å². The topological polar surface area (TPSA) is 12.0 Å². The smallest absolute Gasteiger partial charge is 0.0603 e. The van der Waals surface area contributed by atoms with Crippen LogP contribution in [-0.2, 0) is 0 Å². The van der Waals surface area contributed by atoms with Crippen LogP contribution in [0.1, 0.15) is 5.56 Å². The van der Waals surface area contributed by atoms with Gasteiger partial charge in [0.2, 0.25) is 0 Å². The average molecular weight is 312 g/mol. The van der Waals surface area contributed by atoms with Gasteiger partial charge in [0.25, 0.3) is 0 Å². The van der Waals surface area contributed by atoms with Crippen LogP contribution in [0, 0.1) is 6.92 Å². The van der Waals surface area contributed by atoms with Crippen LogP contribution < -0.4 is 5.32 Å². The van der Waals surface area contributed by atoms with E-state index in [0.717, 1.165) is 17.2 Å². The number of anilines is 1. The molecular weight excluding hydrogens is 297 g/mol. The van der Waals surface area contributed by atoms with Crippen molar-refractivity contribution in [3.8, 4) is 0 Å². The number of hydrogen-bond donors (Lipinski definition) is 1. The largest absolute Gasteiger partial charge is 0.384 e. The summed E-state index contributed by atoms with van der Waals surface area (Å²) in [7, 11) is 0. The Balaban J connectivity index is 1.81. The molecule has 0 aliphatic heterocycles. The van der Waals surface area contributed by atoms with Crippen molar-refractivity contribution < 1.29 is 0 Å². The first kappa shape index (κ1) is 14.6. The first-order valence-corrected chi connectivity index (χ1v) is 7.78. The number of aryl methyl sites for hydroxylation is 1. The number of halogens is 2. The van der Waals surface area contributed by atoms with E-state index in [1.54, 1.807) is 11.8 Å². The molecule has 100 valence electrons. The lowest BCUT2D eigenvalue weighted by Crippen LogP contribution is -2.04. The molecule has 1 nitrogen and oxygen atoms in total. The molecule has 0 aromatic heterocycles. The van der Waals surface area contributed by atoms with Crippen LogP contribution in [0.5, 0.6) is 0 Å². The van der Waals surface area contributed by atoms with Gasteiger partial charge in [0, 0.05) is 22.9 Å². The minimum atomic E-state index is 0.601. The summed E-state index contributed by atoms with van der Waals surface area (Å²) in [5, 5.41) is 4.64. The molecule has 19 heavy (non-hydrogen) atoms. The Kier molecular flexibility index (Phi) is 5.44. The number of thioether (sulfide) groups is 1. The monoisotopic (exact) mass is 311 g/mol. The van der Waals surface area contributed by atoms with Crippen LogP contribution in [0.3, 0.4) is 0 Å². The standard InChI is InChI=1S/C15H15Cl2NS/c1-11-4-2-3-5-15(11)18-8-9-19-12-6-7-13(16)14(17)10-12/h2-7,10,18H,8-9H2,1H3. The second-order valence-electron chi connectivity index (χ2n) is 4.17. The lowest BCUT2D eigenvalue weighted by molar-refractivity contribution is 1.21. The zero-order valence-electron chi connectivity index (χ0n) is 10.6. The molecule has 0 amide bonds. The fourth-order valence-electron chi connectivity index (χ4n) is 1.69. The maximum Gasteiger partial charge on any atom is 0.0603 e. The Morgan fingerprint density at radius 2 is 1.84 bits per heavy atom. The van der Waals surface area contributed by atoms with Crippen LogP contribution in [0.2, 0.25) is 10.0 Å². The first-order chi connectivity index (χ1) is 9.16. The molecule has 0 radical (unpaired) electrons. The van der Waals surface area contributed by atoms with E-state index in [-0.39, 0.29) is 0 Å². The zero-order chi connectivity index (χ0) is 13.7. The van der Waals surface area contributed by atoms with Crippen LogP contribution in [-0.4, -0.2) is 12.3 Å². The molecule has 0 bridgehead atoms. The minimum Gasteiger partial charge on any atom is -0.384 e. The highest BCUT2D eigenvalue weighted by molar-refractivity contribution is 7.99. The molecule has 2 rings (SSSR count). The molecule has 0 saturated heterocycles. The lowest BCUT2D eigenvalue weighted by atomic mass is 10.2. The molecule has 0 aliphatic rings. The van der Waals surface area contributed by atoms with Crippen LogP contribution in [0.4, 0.5) is 5.69 Å². The van der Waals surface area contributed by atoms with Crippen molar-refractivity contribution in [1.29, 1.82) is 0 Å². The van der Waals surface area contributed by atoms with Crippen molar-refractivity contribution in [2.75, 3.05) is 17.6 Å². The number of rotatable bonds is 5. The second-order valence-corrected chi connectivity index (χ2v) is 6.15. The Morgan fingerprint density at radius 1 is 1.05 bits per heavy atom. The van der Waals surface area contributed by atoms with Gasteiger partial charge in [-0.25, -0.2) is 0 Å². The summed E-state index contributed by atoms with van der Waals surface area (Å²) in [6.07, 6.45) is 0. The second kappa shape index (κ2) is 7.09. The summed E-state index contributed by atoms with van der Waals surface area (Å²) < 4.78 is 0. The summed E-state index contributed by atoms with van der Waals surface area (Å²) in [5.41, 5.74) is 2.46. The van der Waals surface area contributed by atoms with Crippen molar-refractivity contribution in [2.24, 2.45) is 0 Å². The molecule has 2 aromatic rings. The van der Waals surface area contributed by atoms with Gasteiger partial charge in [-0.1, -0.05) is 41.4 Å². The van der Waals surface area contributed by atoms with Gasteiger partial charge in [0.15, 0.2) is 0 Å². The van der Waals surface area contributed by atoms with E-state index in [9.17, 15) is 0 Å². The highest BCUT2D eigenvalue weighted by Crippen LogP contribution is 2.27. The predicted octanol–water partition coefficient (Wildman–Crippen LogP) is 5.51. The molecule has 0 spiro atoms. The zero-order valence-corrected chi connectivity index (χ0v) is 12.9. The SMILES string of the molecule is Cc1ccccc1NCCSc1ccc(Cl)c(Cl)c1. The van der Waals surface area contributed by atoms with Gasteiger partial charge in [-0.05, 0) is 36.8 Å². The van der Waals surface area contributed by atoms with Gasteiger partial charge in [0.05, 0.1) is 10.0 Å². The molecule has 4 heteroatoms. The highest BCUT2D eigenvalue weighted by atomic mass is 35.5. The van der Waals surface area contributed by atoms with Crippen LogP contribution in [0.25, 0.3) is 0 Å². The van der Waals surface area contributed by atoms with Gasteiger partial charge in [-0.2, -0.15) is 0 Å². The Labute approximate surface area is 128 Å². The van der Waals surface area contributed by atoms with E-state index in [0.29, 0.717) is 10.0 Å². The predicted molar refractivity (Wildman–Crippen MR) is 86.9 cm³/mol. The summed E-state index contributed by atoms with van der Waals surface area (Å²) >= 11 is 13.6. The number of benzene rings is 2. The number of nitrogens with one attached hydrogen (secondary N) is 1. The van der Waals surface area contributed by atoms with E-state index >= 15 is 0 Å². The van der Waals surface area contributed by atoms with Gasteiger partial charge in [-0.3, -0.25) is 0 Å². The van der Waals surface area contributed by atoms with Crippen LogP contribution in [0.15, 0.2) is 47.4 Å². The summed E-state index contributed by atoms with van der Waals surface area (Å²) in [4.78, 5) is 1.14. The quantitative estimate of drug-likeness (QED) is 0.577. The van der Waals surface area contributed by atoms with Crippen molar-refractivity contribution in [3.05, 3.63) is 58.1 Å². The fourth-order valence-corrected chi connectivity index (χ4v) is 2.86. The summed E-state index contributed by atoms with van der Waals surface area (Å²) in [6.45, 7) is 3.02. The molecule has 0 aliphatic carbocycles. The number of para-hydroxylation sites is 1. The molecule has 0 saturated carbocycles. The van der Waals surface area contributed by atoms with E-state index in [1.807, 2.05) is 30.3 Å². The lowest BCUT2D eigenvalue weighted by Gasteiger charge is -2.09. The first-order valence-electron chi connectivity index (χ1n) is 6.04. The van der Waals surface area contributed by atoms with Crippen molar-refractivity contribution in [3.63, 3.8) is 0 Å². The van der Waals surface area contributed by atoms with Gasteiger partial charge in [-0.15, -0.1) is 11.8 Å². The Bertz CT molecular complexity index is 558. The number of hydrogen-bond acceptors (Lipinski definition) is 2. The summed E-state index contributed by atoms with van der Waals surface area (Å²) in [6, 6.07) is 14.0. The van der Waals surface area contributed by atoms with E-state index in [4.69, 9.17) is 23.2 Å². The van der Waals surface area contributed by atoms with Gasteiger partial charge >= 0.3 is 0 Å². The van der Waals surface area contributed by atoms with Crippen molar-refractivity contribution >= 4 is 40.7 Å². The molecule has 0 fully saturated rings. The van der Waals surface area contributed by atoms with E-state index in [1.165, 1.54) is 11.3 Å². The molecule has 0 unspecified atom stereocenters. The highest BCUT2D eigenvalue weighted by Gasteiger charge is 2.00. The van der Waals surface area contributed by atoms with E-state index in [2.05, 4.69) is 24.4 Å². The third-order valence-corrected chi connectivity index (χ3v) is 4.46. The van der Waals surface area contributed by atoms with Crippen molar-refractivity contribution in [2.45, 2.75) is 11.8 Å². The molecule has 1 N–H and O–H groups in total. The van der Waals surface area contributed by atoms with Gasteiger partial charge < -0.3 is 5.32 Å². The maximum atomic E-state index is 5.98. The molecule has 0 heterocycles. The Hall–Kier alpha value is -0.830. The maximum absolute atomic E-state index is 5.98. The molecule has 2 aromatic carbocycles. The third kappa shape index (κ3) is 4.34. The summed E-state index contributed by atoms with van der Waals surface area (Å²) in [5.74, 6) is 0.978.